The van der Waals surface area contributed by atoms with Crippen LogP contribution in [0.4, 0.5) is 0 Å². The number of hydrogen-bond donors (Lipinski definition) is 2. The molecule has 1 amide bonds. The van der Waals surface area contributed by atoms with Gasteiger partial charge in [-0.15, -0.1) is 0 Å². The van der Waals surface area contributed by atoms with Crippen molar-refractivity contribution in [3.05, 3.63) is 29.0 Å². The SMILES string of the molecule is CC1(C)CCC(O)(CNC(=O)c2ccncc2Cl)CC1. The van der Waals surface area contributed by atoms with Gasteiger partial charge in [-0.3, -0.25) is 9.78 Å². The molecule has 0 radical (unpaired) electrons. The lowest BCUT2D eigenvalue weighted by Crippen LogP contribution is -2.46. The molecule has 0 spiro atoms. The number of hydrogen-bond acceptors (Lipinski definition) is 3. The smallest absolute Gasteiger partial charge is 0.253 e. The molecule has 0 atom stereocenters. The summed E-state index contributed by atoms with van der Waals surface area (Å²) in [4.78, 5) is 15.9. The Morgan fingerprint density at radius 3 is 2.65 bits per heavy atom. The maximum absolute atomic E-state index is 12.0. The van der Waals surface area contributed by atoms with E-state index in [-0.39, 0.29) is 17.9 Å². The molecule has 1 fully saturated rings. The van der Waals surface area contributed by atoms with E-state index in [1.54, 1.807) is 6.07 Å². The van der Waals surface area contributed by atoms with Crippen molar-refractivity contribution in [1.82, 2.24) is 10.3 Å². The van der Waals surface area contributed by atoms with E-state index in [1.807, 2.05) is 0 Å². The Labute approximate surface area is 124 Å². The van der Waals surface area contributed by atoms with E-state index in [1.165, 1.54) is 12.4 Å². The molecule has 20 heavy (non-hydrogen) atoms. The largest absolute Gasteiger partial charge is 0.388 e. The second-order valence-corrected chi connectivity index (χ2v) is 6.83. The molecular formula is C15H21ClN2O2. The minimum Gasteiger partial charge on any atom is -0.388 e. The standard InChI is InChI=1S/C15H21ClN2O2/c1-14(2)4-6-15(20,7-5-14)10-18-13(19)11-3-8-17-9-12(11)16/h3,8-9,20H,4-7,10H2,1-2H3,(H,18,19). The lowest BCUT2D eigenvalue weighted by molar-refractivity contribution is -0.0233. The van der Waals surface area contributed by atoms with Crippen LogP contribution in [0.3, 0.4) is 0 Å². The summed E-state index contributed by atoms with van der Waals surface area (Å²) in [5, 5.41) is 13.6. The van der Waals surface area contributed by atoms with Crippen molar-refractivity contribution < 1.29 is 9.90 Å². The Bertz CT molecular complexity index is 492. The lowest BCUT2D eigenvalue weighted by Gasteiger charge is -2.40. The van der Waals surface area contributed by atoms with Crippen LogP contribution in [0, 0.1) is 5.41 Å². The fourth-order valence-electron chi connectivity index (χ4n) is 2.47. The van der Waals surface area contributed by atoms with Crippen molar-refractivity contribution in [2.75, 3.05) is 6.54 Å². The summed E-state index contributed by atoms with van der Waals surface area (Å²) in [6.45, 7) is 4.68. The van der Waals surface area contributed by atoms with Crippen LogP contribution in [0.2, 0.25) is 5.02 Å². The van der Waals surface area contributed by atoms with Crippen LogP contribution >= 0.6 is 11.6 Å². The molecule has 0 bridgehead atoms. The van der Waals surface area contributed by atoms with Gasteiger partial charge in [-0.1, -0.05) is 25.4 Å². The molecule has 0 unspecified atom stereocenters. The highest BCUT2D eigenvalue weighted by molar-refractivity contribution is 6.33. The highest BCUT2D eigenvalue weighted by Crippen LogP contribution is 2.39. The molecular weight excluding hydrogens is 276 g/mol. The van der Waals surface area contributed by atoms with Gasteiger partial charge >= 0.3 is 0 Å². The van der Waals surface area contributed by atoms with Gasteiger partial charge in [-0.25, -0.2) is 0 Å². The molecule has 1 heterocycles. The maximum atomic E-state index is 12.0. The third kappa shape index (κ3) is 3.70. The third-order valence-corrected chi connectivity index (χ3v) is 4.43. The number of nitrogens with one attached hydrogen (secondary N) is 1. The topological polar surface area (TPSA) is 62.2 Å². The predicted molar refractivity (Wildman–Crippen MR) is 78.8 cm³/mol. The average molecular weight is 297 g/mol. The van der Waals surface area contributed by atoms with Gasteiger partial charge in [0.25, 0.3) is 5.91 Å². The molecule has 4 nitrogen and oxygen atoms in total. The third-order valence-electron chi connectivity index (χ3n) is 4.13. The molecule has 1 aliphatic rings. The Morgan fingerprint density at radius 1 is 1.40 bits per heavy atom. The Balaban J connectivity index is 1.92. The monoisotopic (exact) mass is 296 g/mol. The first-order valence-electron chi connectivity index (χ1n) is 6.92. The number of carbonyl (C=O) groups excluding carboxylic acids is 1. The average Bonchev–Trinajstić information content (AvgIpc) is 2.41. The zero-order valence-electron chi connectivity index (χ0n) is 11.9. The molecule has 0 aliphatic heterocycles. The predicted octanol–water partition coefficient (Wildman–Crippen LogP) is 2.80. The van der Waals surface area contributed by atoms with Crippen LogP contribution in [0.5, 0.6) is 0 Å². The minimum atomic E-state index is -0.801. The molecule has 2 N–H and O–H groups in total. The van der Waals surface area contributed by atoms with Gasteiger partial charge in [0.1, 0.15) is 0 Å². The van der Waals surface area contributed by atoms with Crippen LogP contribution in [-0.2, 0) is 0 Å². The maximum Gasteiger partial charge on any atom is 0.253 e. The van der Waals surface area contributed by atoms with Crippen molar-refractivity contribution in [2.24, 2.45) is 5.41 Å². The van der Waals surface area contributed by atoms with Gasteiger partial charge < -0.3 is 10.4 Å². The van der Waals surface area contributed by atoms with Crippen molar-refractivity contribution in [1.29, 1.82) is 0 Å². The summed E-state index contributed by atoms with van der Waals surface area (Å²) in [5.41, 5.74) is -0.128. The molecule has 110 valence electrons. The van der Waals surface area contributed by atoms with Crippen LogP contribution in [0.25, 0.3) is 0 Å². The number of carbonyl (C=O) groups is 1. The first-order valence-corrected chi connectivity index (χ1v) is 7.29. The number of nitrogens with zero attached hydrogens (tertiary/aromatic N) is 1. The minimum absolute atomic E-state index is 0.264. The zero-order chi connectivity index (χ0) is 14.8. The highest BCUT2D eigenvalue weighted by Gasteiger charge is 2.36. The van der Waals surface area contributed by atoms with Crippen molar-refractivity contribution in [3.8, 4) is 0 Å². The van der Waals surface area contributed by atoms with Crippen molar-refractivity contribution in [3.63, 3.8) is 0 Å². The van der Waals surface area contributed by atoms with Crippen molar-refractivity contribution >= 4 is 17.5 Å². The fourth-order valence-corrected chi connectivity index (χ4v) is 2.67. The first kappa shape index (κ1) is 15.3. The first-order chi connectivity index (χ1) is 9.31. The number of halogens is 1. The summed E-state index contributed by atoms with van der Waals surface area (Å²) in [7, 11) is 0. The van der Waals surface area contributed by atoms with Crippen LogP contribution in [0.15, 0.2) is 18.5 Å². The summed E-state index contributed by atoms with van der Waals surface area (Å²) in [6, 6.07) is 1.58. The Kier molecular flexibility index (Phi) is 4.35. The van der Waals surface area contributed by atoms with E-state index < -0.39 is 5.60 Å². The summed E-state index contributed by atoms with van der Waals surface area (Å²) >= 11 is 5.93. The van der Waals surface area contributed by atoms with E-state index in [0.717, 1.165) is 12.8 Å². The fraction of sp³-hybridized carbons (Fsp3) is 0.600. The van der Waals surface area contributed by atoms with E-state index in [4.69, 9.17) is 11.6 Å². The van der Waals surface area contributed by atoms with E-state index in [2.05, 4.69) is 24.1 Å². The van der Waals surface area contributed by atoms with Crippen molar-refractivity contribution in [2.45, 2.75) is 45.1 Å². The number of pyridine rings is 1. The second-order valence-electron chi connectivity index (χ2n) is 6.43. The quantitative estimate of drug-likeness (QED) is 0.901. The molecule has 0 aromatic carbocycles. The van der Waals surface area contributed by atoms with Crippen LogP contribution < -0.4 is 5.32 Å². The summed E-state index contributed by atoms with van der Waals surface area (Å²) in [6.07, 6.45) is 6.33. The number of aliphatic hydroxyl groups is 1. The normalized spacial score (nSPS) is 20.4. The number of aromatic nitrogens is 1. The molecule has 1 aromatic heterocycles. The van der Waals surface area contributed by atoms with Gasteiger partial charge in [-0.2, -0.15) is 0 Å². The van der Waals surface area contributed by atoms with E-state index in [9.17, 15) is 9.90 Å². The Hall–Kier alpha value is -1.13. The molecule has 2 rings (SSSR count). The zero-order valence-corrected chi connectivity index (χ0v) is 12.7. The second kappa shape index (κ2) is 5.70. The molecule has 0 saturated heterocycles. The van der Waals surface area contributed by atoms with Gasteiger partial charge in [0.15, 0.2) is 0 Å². The van der Waals surface area contributed by atoms with Gasteiger partial charge in [0.05, 0.1) is 16.2 Å². The van der Waals surface area contributed by atoms with Gasteiger partial charge in [0, 0.05) is 18.9 Å². The van der Waals surface area contributed by atoms with E-state index >= 15 is 0 Å². The molecule has 5 heteroatoms. The van der Waals surface area contributed by atoms with Crippen LogP contribution in [-0.4, -0.2) is 28.1 Å². The Morgan fingerprint density at radius 2 is 2.05 bits per heavy atom. The molecule has 1 aliphatic carbocycles. The number of amides is 1. The lowest BCUT2D eigenvalue weighted by atomic mass is 9.71. The van der Waals surface area contributed by atoms with E-state index in [0.29, 0.717) is 23.4 Å². The summed E-state index contributed by atoms with van der Waals surface area (Å²) in [5.74, 6) is -0.268. The van der Waals surface area contributed by atoms with Gasteiger partial charge in [0.2, 0.25) is 0 Å². The summed E-state index contributed by atoms with van der Waals surface area (Å²) < 4.78 is 0. The molecule has 1 saturated carbocycles. The molecule has 1 aromatic rings. The highest BCUT2D eigenvalue weighted by atomic mass is 35.5. The number of rotatable bonds is 3. The van der Waals surface area contributed by atoms with Crippen LogP contribution in [0.1, 0.15) is 49.9 Å². The van der Waals surface area contributed by atoms with Gasteiger partial charge in [-0.05, 0) is 37.2 Å².